The van der Waals surface area contributed by atoms with Gasteiger partial charge in [-0.25, -0.2) is 9.97 Å². The van der Waals surface area contributed by atoms with Gasteiger partial charge in [0.15, 0.2) is 0 Å². The normalized spacial score (nSPS) is 10.9. The number of carbonyl (C=O) groups is 1. The first-order valence-electron chi connectivity index (χ1n) is 9.91. The van der Waals surface area contributed by atoms with Gasteiger partial charge in [-0.3, -0.25) is 4.79 Å². The molecule has 5 nitrogen and oxygen atoms in total. The van der Waals surface area contributed by atoms with E-state index >= 15 is 0 Å². The third-order valence-corrected chi connectivity index (χ3v) is 4.43. The third kappa shape index (κ3) is 5.78. The molecule has 0 N–H and O–H groups in total. The zero-order valence-electron chi connectivity index (χ0n) is 17.3. The van der Waals surface area contributed by atoms with Crippen LogP contribution in [-0.4, -0.2) is 39.9 Å². The van der Waals surface area contributed by atoms with Crippen LogP contribution in [0.3, 0.4) is 0 Å². The SMILES string of the molecule is CCCN(CCC)c1cc(C(=O)N(Cc2ccccc2)C(C)C)nc(C)n1. The molecule has 146 valence electrons. The molecule has 1 heterocycles. The van der Waals surface area contributed by atoms with Gasteiger partial charge in [-0.15, -0.1) is 0 Å². The molecule has 0 bridgehead atoms. The molecule has 0 unspecified atom stereocenters. The van der Waals surface area contributed by atoms with E-state index in [1.807, 2.05) is 62.1 Å². The maximum atomic E-state index is 13.3. The number of carbonyl (C=O) groups excluding carboxylic acids is 1. The van der Waals surface area contributed by atoms with Crippen molar-refractivity contribution < 1.29 is 4.79 Å². The summed E-state index contributed by atoms with van der Waals surface area (Å²) in [5.74, 6) is 1.43. The average Bonchev–Trinajstić information content (AvgIpc) is 2.65. The van der Waals surface area contributed by atoms with Crippen molar-refractivity contribution in [3.63, 3.8) is 0 Å². The lowest BCUT2D eigenvalue weighted by atomic mass is 10.1. The van der Waals surface area contributed by atoms with E-state index in [1.54, 1.807) is 0 Å². The summed E-state index contributed by atoms with van der Waals surface area (Å²) in [7, 11) is 0. The van der Waals surface area contributed by atoms with Crippen LogP contribution in [0.25, 0.3) is 0 Å². The summed E-state index contributed by atoms with van der Waals surface area (Å²) < 4.78 is 0. The van der Waals surface area contributed by atoms with E-state index in [-0.39, 0.29) is 11.9 Å². The van der Waals surface area contributed by atoms with E-state index in [0.29, 0.717) is 18.1 Å². The fraction of sp³-hybridized carbons (Fsp3) is 0.500. The van der Waals surface area contributed by atoms with E-state index in [2.05, 4.69) is 28.7 Å². The Kier molecular flexibility index (Phi) is 7.77. The minimum Gasteiger partial charge on any atom is -0.357 e. The van der Waals surface area contributed by atoms with Gasteiger partial charge in [0.25, 0.3) is 5.91 Å². The van der Waals surface area contributed by atoms with Crippen LogP contribution in [-0.2, 0) is 6.54 Å². The number of hydrogen-bond acceptors (Lipinski definition) is 4. The Morgan fingerprint density at radius 2 is 1.67 bits per heavy atom. The minimum absolute atomic E-state index is 0.0476. The lowest BCUT2D eigenvalue weighted by Gasteiger charge is -2.28. The quantitative estimate of drug-likeness (QED) is 0.655. The summed E-state index contributed by atoms with van der Waals surface area (Å²) in [6.45, 7) is 12.7. The Hall–Kier alpha value is -2.43. The van der Waals surface area contributed by atoms with Gasteiger partial charge < -0.3 is 9.80 Å². The fourth-order valence-corrected chi connectivity index (χ4v) is 3.12. The highest BCUT2D eigenvalue weighted by Gasteiger charge is 2.22. The number of amides is 1. The zero-order chi connectivity index (χ0) is 19.8. The van der Waals surface area contributed by atoms with E-state index in [9.17, 15) is 4.79 Å². The Bertz CT molecular complexity index is 724. The van der Waals surface area contributed by atoms with Gasteiger partial charge in [0.05, 0.1) is 0 Å². The molecule has 0 aliphatic rings. The Balaban J connectivity index is 2.32. The molecule has 0 fully saturated rings. The van der Waals surface area contributed by atoms with Gasteiger partial charge in [0.2, 0.25) is 0 Å². The van der Waals surface area contributed by atoms with Gasteiger partial charge in [-0.05, 0) is 39.2 Å². The molecule has 0 radical (unpaired) electrons. The summed E-state index contributed by atoms with van der Waals surface area (Å²) in [6, 6.07) is 12.0. The highest BCUT2D eigenvalue weighted by molar-refractivity contribution is 5.93. The van der Waals surface area contributed by atoms with Gasteiger partial charge in [-0.1, -0.05) is 44.2 Å². The smallest absolute Gasteiger partial charge is 0.273 e. The van der Waals surface area contributed by atoms with Gasteiger partial charge >= 0.3 is 0 Å². The Morgan fingerprint density at radius 3 is 2.22 bits per heavy atom. The van der Waals surface area contributed by atoms with Crippen LogP contribution in [0.2, 0.25) is 0 Å². The topological polar surface area (TPSA) is 49.3 Å². The molecule has 2 rings (SSSR count). The average molecular weight is 369 g/mol. The first-order valence-corrected chi connectivity index (χ1v) is 9.91. The minimum atomic E-state index is -0.0476. The van der Waals surface area contributed by atoms with Crippen LogP contribution in [0.1, 0.15) is 62.4 Å². The second kappa shape index (κ2) is 10.0. The first kappa shape index (κ1) is 20.9. The van der Waals surface area contributed by atoms with E-state index in [4.69, 9.17) is 0 Å². The predicted molar refractivity (Wildman–Crippen MR) is 111 cm³/mol. The summed E-state index contributed by atoms with van der Waals surface area (Å²) in [6.07, 6.45) is 2.08. The number of nitrogens with zero attached hydrogens (tertiary/aromatic N) is 4. The van der Waals surface area contributed by atoms with Crippen LogP contribution in [0.15, 0.2) is 36.4 Å². The highest BCUT2D eigenvalue weighted by atomic mass is 16.2. The Labute approximate surface area is 163 Å². The first-order chi connectivity index (χ1) is 13.0. The number of rotatable bonds is 9. The third-order valence-electron chi connectivity index (χ3n) is 4.43. The molecule has 0 spiro atoms. The van der Waals surface area contributed by atoms with Crippen molar-refractivity contribution >= 4 is 11.7 Å². The molecular formula is C22H32N4O. The van der Waals surface area contributed by atoms with Gasteiger partial charge in [0.1, 0.15) is 17.3 Å². The zero-order valence-corrected chi connectivity index (χ0v) is 17.3. The monoisotopic (exact) mass is 368 g/mol. The largest absolute Gasteiger partial charge is 0.357 e. The molecule has 27 heavy (non-hydrogen) atoms. The van der Waals surface area contributed by atoms with Crippen LogP contribution < -0.4 is 4.90 Å². The molecular weight excluding hydrogens is 336 g/mol. The lowest BCUT2D eigenvalue weighted by Crippen LogP contribution is -2.37. The van der Waals surface area contributed by atoms with Crippen LogP contribution in [0.4, 0.5) is 5.82 Å². The van der Waals surface area contributed by atoms with Crippen molar-refractivity contribution in [2.45, 2.75) is 60.0 Å². The second-order valence-electron chi connectivity index (χ2n) is 7.16. The van der Waals surface area contributed by atoms with Crippen LogP contribution >= 0.6 is 0 Å². The fourth-order valence-electron chi connectivity index (χ4n) is 3.12. The molecule has 5 heteroatoms. The maximum Gasteiger partial charge on any atom is 0.273 e. The maximum absolute atomic E-state index is 13.3. The molecule has 0 atom stereocenters. The summed E-state index contributed by atoms with van der Waals surface area (Å²) in [5.41, 5.74) is 1.59. The lowest BCUT2D eigenvalue weighted by molar-refractivity contribution is 0.0684. The van der Waals surface area contributed by atoms with E-state index < -0.39 is 0 Å². The molecule has 1 aromatic heterocycles. The van der Waals surface area contributed by atoms with Crippen molar-refractivity contribution in [1.29, 1.82) is 0 Å². The molecule has 0 aliphatic carbocycles. The number of anilines is 1. The van der Waals surface area contributed by atoms with Crippen molar-refractivity contribution in [2.24, 2.45) is 0 Å². The second-order valence-corrected chi connectivity index (χ2v) is 7.16. The number of aromatic nitrogens is 2. The van der Waals surface area contributed by atoms with Gasteiger partial charge in [0, 0.05) is 31.7 Å². The summed E-state index contributed by atoms with van der Waals surface area (Å²) >= 11 is 0. The standard InChI is InChI=1S/C22H32N4O/c1-6-13-25(14-7-2)21-15-20(23-18(5)24-21)22(27)26(17(3)4)16-19-11-9-8-10-12-19/h8-12,15,17H,6-7,13-14,16H2,1-5H3. The number of hydrogen-bond donors (Lipinski definition) is 0. The van der Waals surface area contributed by atoms with Crippen molar-refractivity contribution in [1.82, 2.24) is 14.9 Å². The van der Waals surface area contributed by atoms with Gasteiger partial charge in [-0.2, -0.15) is 0 Å². The summed E-state index contributed by atoms with van der Waals surface area (Å²) in [4.78, 5) is 26.4. The van der Waals surface area contributed by atoms with Crippen LogP contribution in [0.5, 0.6) is 0 Å². The molecule has 0 saturated heterocycles. The molecule has 0 aliphatic heterocycles. The van der Waals surface area contributed by atoms with E-state index in [0.717, 1.165) is 37.3 Å². The number of aryl methyl sites for hydroxylation is 1. The highest BCUT2D eigenvalue weighted by Crippen LogP contribution is 2.18. The van der Waals surface area contributed by atoms with Crippen molar-refractivity contribution in [2.75, 3.05) is 18.0 Å². The Morgan fingerprint density at radius 1 is 1.04 bits per heavy atom. The predicted octanol–water partition coefficient (Wildman–Crippen LogP) is 4.46. The van der Waals surface area contributed by atoms with Crippen molar-refractivity contribution in [3.8, 4) is 0 Å². The summed E-state index contributed by atoms with van der Waals surface area (Å²) in [5, 5.41) is 0. The van der Waals surface area contributed by atoms with Crippen molar-refractivity contribution in [3.05, 3.63) is 53.5 Å². The number of benzene rings is 1. The van der Waals surface area contributed by atoms with E-state index in [1.165, 1.54) is 0 Å². The molecule has 2 aromatic rings. The molecule has 1 amide bonds. The molecule has 1 aromatic carbocycles. The van der Waals surface area contributed by atoms with Crippen LogP contribution in [0, 0.1) is 6.92 Å². The molecule has 0 saturated carbocycles.